The van der Waals surface area contributed by atoms with Crippen LogP contribution in [0.2, 0.25) is 10.0 Å². The van der Waals surface area contributed by atoms with Gasteiger partial charge in [-0.25, -0.2) is 9.78 Å². The Kier molecular flexibility index (Phi) is 5.83. The second-order valence-electron chi connectivity index (χ2n) is 5.68. The SMILES string of the molecule is O=C(O)Nc1ccc2c(=O)n(CCCOc3cc(Cl)ccc3Cl)cnc2c1. The van der Waals surface area contributed by atoms with Crippen molar-refractivity contribution in [3.8, 4) is 5.75 Å². The molecule has 2 N–H and O–H groups in total. The summed E-state index contributed by atoms with van der Waals surface area (Å²) in [5.74, 6) is 0.492. The molecule has 0 aliphatic heterocycles. The van der Waals surface area contributed by atoms with E-state index in [9.17, 15) is 9.59 Å². The number of hydrogen-bond acceptors (Lipinski definition) is 4. The van der Waals surface area contributed by atoms with Crippen LogP contribution in [-0.4, -0.2) is 27.4 Å². The van der Waals surface area contributed by atoms with Crippen LogP contribution in [0.15, 0.2) is 47.5 Å². The molecule has 2 aromatic carbocycles. The molecule has 0 bridgehead atoms. The van der Waals surface area contributed by atoms with Crippen molar-refractivity contribution in [2.24, 2.45) is 0 Å². The van der Waals surface area contributed by atoms with Gasteiger partial charge in [0.2, 0.25) is 0 Å². The minimum Gasteiger partial charge on any atom is -0.492 e. The van der Waals surface area contributed by atoms with Gasteiger partial charge in [0, 0.05) is 23.3 Å². The zero-order valence-electron chi connectivity index (χ0n) is 14.0. The summed E-state index contributed by atoms with van der Waals surface area (Å²) in [7, 11) is 0. The summed E-state index contributed by atoms with van der Waals surface area (Å²) in [5.41, 5.74) is 0.568. The standard InChI is InChI=1S/C18H15Cl2N3O4/c19-11-2-5-14(20)16(8-11)27-7-1-6-23-10-21-15-9-12(22-18(25)26)3-4-13(15)17(23)24/h2-5,8-10,22H,1,6-7H2,(H,25,26). The Bertz CT molecular complexity index is 1050. The van der Waals surface area contributed by atoms with Crippen molar-refractivity contribution in [1.82, 2.24) is 9.55 Å². The predicted molar refractivity (Wildman–Crippen MR) is 104 cm³/mol. The van der Waals surface area contributed by atoms with Gasteiger partial charge in [0.25, 0.3) is 5.56 Å². The molecule has 140 valence electrons. The molecule has 9 heteroatoms. The molecular weight excluding hydrogens is 393 g/mol. The number of aryl methyl sites for hydroxylation is 1. The van der Waals surface area contributed by atoms with E-state index in [0.29, 0.717) is 52.0 Å². The zero-order valence-corrected chi connectivity index (χ0v) is 15.5. The fourth-order valence-electron chi connectivity index (χ4n) is 2.52. The molecule has 27 heavy (non-hydrogen) atoms. The highest BCUT2D eigenvalue weighted by Gasteiger charge is 2.07. The number of nitrogens with zero attached hydrogens (tertiary/aromatic N) is 2. The number of ether oxygens (including phenoxy) is 1. The second kappa shape index (κ2) is 8.28. The van der Waals surface area contributed by atoms with Gasteiger partial charge in [0.15, 0.2) is 0 Å². The summed E-state index contributed by atoms with van der Waals surface area (Å²) in [6.45, 7) is 0.765. The highest BCUT2D eigenvalue weighted by atomic mass is 35.5. The topological polar surface area (TPSA) is 93.5 Å². The molecule has 0 radical (unpaired) electrons. The number of benzene rings is 2. The molecule has 1 amide bonds. The van der Waals surface area contributed by atoms with Gasteiger partial charge in [-0.05, 0) is 36.8 Å². The van der Waals surface area contributed by atoms with Gasteiger partial charge in [0.05, 0.1) is 28.9 Å². The van der Waals surface area contributed by atoms with Gasteiger partial charge in [-0.15, -0.1) is 0 Å². The van der Waals surface area contributed by atoms with Gasteiger partial charge in [-0.3, -0.25) is 14.7 Å². The van der Waals surface area contributed by atoms with Crippen LogP contribution in [0.5, 0.6) is 5.75 Å². The number of amides is 1. The van der Waals surface area contributed by atoms with Gasteiger partial charge in [-0.1, -0.05) is 23.2 Å². The lowest BCUT2D eigenvalue weighted by Crippen LogP contribution is -2.21. The molecular formula is C18H15Cl2N3O4. The first-order valence-corrected chi connectivity index (χ1v) is 8.76. The molecule has 7 nitrogen and oxygen atoms in total. The molecule has 0 saturated carbocycles. The third-order valence-electron chi connectivity index (χ3n) is 3.77. The average molecular weight is 408 g/mol. The van der Waals surface area contributed by atoms with Crippen LogP contribution in [0.4, 0.5) is 10.5 Å². The number of anilines is 1. The number of rotatable bonds is 6. The van der Waals surface area contributed by atoms with E-state index in [1.165, 1.54) is 23.0 Å². The fourth-order valence-corrected chi connectivity index (χ4v) is 2.86. The van der Waals surface area contributed by atoms with Crippen LogP contribution in [-0.2, 0) is 6.54 Å². The smallest absolute Gasteiger partial charge is 0.409 e. The Morgan fingerprint density at radius 3 is 2.81 bits per heavy atom. The van der Waals surface area contributed by atoms with Crippen molar-refractivity contribution in [3.05, 3.63) is 63.1 Å². The van der Waals surface area contributed by atoms with E-state index < -0.39 is 6.09 Å². The summed E-state index contributed by atoms with van der Waals surface area (Å²) in [6, 6.07) is 9.55. The minimum atomic E-state index is -1.18. The molecule has 0 aliphatic carbocycles. The summed E-state index contributed by atoms with van der Waals surface area (Å²) < 4.78 is 7.09. The summed E-state index contributed by atoms with van der Waals surface area (Å²) in [4.78, 5) is 27.4. The van der Waals surface area contributed by atoms with Crippen molar-refractivity contribution in [3.63, 3.8) is 0 Å². The number of aromatic nitrogens is 2. The van der Waals surface area contributed by atoms with Crippen LogP contribution in [0.25, 0.3) is 10.9 Å². The second-order valence-corrected chi connectivity index (χ2v) is 6.53. The third-order valence-corrected chi connectivity index (χ3v) is 4.32. The third kappa shape index (κ3) is 4.69. The number of hydrogen-bond donors (Lipinski definition) is 2. The molecule has 3 aromatic rings. The maximum absolute atomic E-state index is 12.5. The monoisotopic (exact) mass is 407 g/mol. The Balaban J connectivity index is 1.66. The van der Waals surface area contributed by atoms with Crippen molar-refractivity contribution >= 4 is 45.9 Å². The molecule has 0 unspecified atom stereocenters. The first-order valence-electron chi connectivity index (χ1n) is 8.01. The van der Waals surface area contributed by atoms with E-state index in [4.69, 9.17) is 33.0 Å². The molecule has 0 spiro atoms. The molecule has 0 saturated heterocycles. The first kappa shape index (κ1) is 19.0. The minimum absolute atomic E-state index is 0.206. The lowest BCUT2D eigenvalue weighted by atomic mass is 10.2. The Morgan fingerprint density at radius 2 is 2.04 bits per heavy atom. The van der Waals surface area contributed by atoms with Crippen LogP contribution < -0.4 is 15.6 Å². The van der Waals surface area contributed by atoms with E-state index >= 15 is 0 Å². The maximum atomic E-state index is 12.5. The fraction of sp³-hybridized carbons (Fsp3) is 0.167. The Hall–Kier alpha value is -2.77. The largest absolute Gasteiger partial charge is 0.492 e. The first-order chi connectivity index (χ1) is 12.9. The van der Waals surface area contributed by atoms with E-state index in [0.717, 1.165) is 0 Å². The highest BCUT2D eigenvalue weighted by Crippen LogP contribution is 2.27. The lowest BCUT2D eigenvalue weighted by Gasteiger charge is -2.10. The van der Waals surface area contributed by atoms with Crippen LogP contribution in [0.3, 0.4) is 0 Å². The van der Waals surface area contributed by atoms with Crippen molar-refractivity contribution in [2.45, 2.75) is 13.0 Å². The maximum Gasteiger partial charge on any atom is 0.409 e. The summed E-state index contributed by atoms with van der Waals surface area (Å²) >= 11 is 11.9. The normalized spacial score (nSPS) is 10.7. The summed E-state index contributed by atoms with van der Waals surface area (Å²) in [5, 5.41) is 12.4. The number of carboxylic acid groups (broad SMARTS) is 1. The molecule has 3 rings (SSSR count). The quantitative estimate of drug-likeness (QED) is 0.595. The number of nitrogens with one attached hydrogen (secondary N) is 1. The van der Waals surface area contributed by atoms with Gasteiger partial charge in [0.1, 0.15) is 5.75 Å². The van der Waals surface area contributed by atoms with Crippen molar-refractivity contribution in [1.29, 1.82) is 0 Å². The van der Waals surface area contributed by atoms with E-state index in [1.807, 2.05) is 0 Å². The van der Waals surface area contributed by atoms with Crippen molar-refractivity contribution < 1.29 is 14.6 Å². The molecule has 1 heterocycles. The number of fused-ring (bicyclic) bond motifs is 1. The highest BCUT2D eigenvalue weighted by molar-refractivity contribution is 6.34. The van der Waals surface area contributed by atoms with Crippen molar-refractivity contribution in [2.75, 3.05) is 11.9 Å². The molecule has 0 aliphatic rings. The van der Waals surface area contributed by atoms with E-state index in [2.05, 4.69) is 10.3 Å². The average Bonchev–Trinajstić information content (AvgIpc) is 2.62. The van der Waals surface area contributed by atoms with E-state index in [1.54, 1.807) is 24.3 Å². The van der Waals surface area contributed by atoms with Crippen LogP contribution in [0, 0.1) is 0 Å². The Morgan fingerprint density at radius 1 is 1.22 bits per heavy atom. The lowest BCUT2D eigenvalue weighted by molar-refractivity contribution is 0.210. The van der Waals surface area contributed by atoms with Crippen LogP contribution in [0.1, 0.15) is 6.42 Å². The Labute approximate surface area is 164 Å². The molecule has 1 aromatic heterocycles. The zero-order chi connectivity index (χ0) is 19.4. The van der Waals surface area contributed by atoms with Crippen LogP contribution >= 0.6 is 23.2 Å². The van der Waals surface area contributed by atoms with Gasteiger partial charge >= 0.3 is 6.09 Å². The summed E-state index contributed by atoms with van der Waals surface area (Å²) in [6.07, 6.45) is 0.818. The molecule has 0 fully saturated rings. The van der Waals surface area contributed by atoms with Gasteiger partial charge < -0.3 is 9.84 Å². The number of carbonyl (C=O) groups is 1. The van der Waals surface area contributed by atoms with Gasteiger partial charge in [-0.2, -0.15) is 0 Å². The predicted octanol–water partition coefficient (Wildman–Crippen LogP) is 4.26. The molecule has 0 atom stereocenters. The van der Waals surface area contributed by atoms with E-state index in [-0.39, 0.29) is 5.56 Å². The number of halogens is 2.